The van der Waals surface area contributed by atoms with Gasteiger partial charge in [-0.05, 0) is 85.5 Å². The summed E-state index contributed by atoms with van der Waals surface area (Å²) in [4.78, 5) is 12.8. The maximum absolute atomic E-state index is 13.5. The van der Waals surface area contributed by atoms with E-state index >= 15 is 0 Å². The van der Waals surface area contributed by atoms with E-state index in [2.05, 4.69) is 15.4 Å². The van der Waals surface area contributed by atoms with Gasteiger partial charge in [0.05, 0.1) is 4.90 Å². The van der Waals surface area contributed by atoms with Gasteiger partial charge in [0.2, 0.25) is 10.0 Å². The van der Waals surface area contributed by atoms with Gasteiger partial charge in [-0.1, -0.05) is 6.07 Å². The minimum absolute atomic E-state index is 0.0314. The first-order chi connectivity index (χ1) is 15.7. The number of hydrogen-bond acceptors (Lipinski definition) is 4. The number of anilines is 2. The van der Waals surface area contributed by atoms with Gasteiger partial charge in [-0.25, -0.2) is 21.9 Å². The Labute approximate surface area is 191 Å². The number of carbonyl (C=O) groups excluding carboxylic acids is 1. The summed E-state index contributed by atoms with van der Waals surface area (Å²) in [6.07, 6.45) is 3.07. The maximum Gasteiger partial charge on any atom is 0.255 e. The summed E-state index contributed by atoms with van der Waals surface area (Å²) in [5.41, 5.74) is 3.88. The molecule has 6 nitrogen and oxygen atoms in total. The monoisotopic (exact) mass is 471 g/mol. The average molecular weight is 472 g/mol. The van der Waals surface area contributed by atoms with Crippen LogP contribution in [0.2, 0.25) is 0 Å². The molecule has 0 unspecified atom stereocenters. The van der Waals surface area contributed by atoms with Crippen LogP contribution >= 0.6 is 0 Å². The zero-order valence-electron chi connectivity index (χ0n) is 17.9. The van der Waals surface area contributed by atoms with Crippen LogP contribution < -0.4 is 15.4 Å². The van der Waals surface area contributed by atoms with Crippen LogP contribution in [-0.4, -0.2) is 21.4 Å². The van der Waals surface area contributed by atoms with Gasteiger partial charge in [-0.15, -0.1) is 0 Å². The second-order valence-corrected chi connectivity index (χ2v) is 9.76. The van der Waals surface area contributed by atoms with Crippen LogP contribution in [0, 0.1) is 11.6 Å². The van der Waals surface area contributed by atoms with Crippen molar-refractivity contribution in [2.24, 2.45) is 0 Å². The molecule has 0 bridgehead atoms. The van der Waals surface area contributed by atoms with E-state index in [1.54, 1.807) is 0 Å². The molecule has 3 N–H and O–H groups in total. The van der Waals surface area contributed by atoms with Crippen molar-refractivity contribution in [1.29, 1.82) is 0 Å². The summed E-state index contributed by atoms with van der Waals surface area (Å²) in [7, 11) is -2.57. The van der Waals surface area contributed by atoms with E-state index < -0.39 is 27.6 Å². The molecule has 33 heavy (non-hydrogen) atoms. The van der Waals surface area contributed by atoms with Crippen molar-refractivity contribution in [2.75, 3.05) is 17.7 Å². The lowest BCUT2D eigenvalue weighted by atomic mass is 10.1. The van der Waals surface area contributed by atoms with Crippen molar-refractivity contribution >= 4 is 27.3 Å². The van der Waals surface area contributed by atoms with Crippen molar-refractivity contribution in [3.05, 3.63) is 88.5 Å². The minimum Gasteiger partial charge on any atom is -0.381 e. The second kappa shape index (κ2) is 9.29. The molecule has 3 aromatic rings. The van der Waals surface area contributed by atoms with Crippen molar-refractivity contribution in [1.82, 2.24) is 4.72 Å². The fourth-order valence-electron chi connectivity index (χ4n) is 3.88. The van der Waals surface area contributed by atoms with E-state index in [9.17, 15) is 22.0 Å². The highest BCUT2D eigenvalue weighted by Gasteiger charge is 2.18. The predicted molar refractivity (Wildman–Crippen MR) is 123 cm³/mol. The number of carbonyl (C=O) groups is 1. The minimum atomic E-state index is -3.84. The first-order valence-corrected chi connectivity index (χ1v) is 11.9. The van der Waals surface area contributed by atoms with Crippen molar-refractivity contribution in [3.8, 4) is 0 Å². The van der Waals surface area contributed by atoms with Gasteiger partial charge in [0.25, 0.3) is 5.91 Å². The Morgan fingerprint density at radius 2 is 1.64 bits per heavy atom. The van der Waals surface area contributed by atoms with Crippen molar-refractivity contribution in [3.63, 3.8) is 0 Å². The number of hydrogen-bond donors (Lipinski definition) is 3. The molecule has 0 spiro atoms. The molecule has 0 atom stereocenters. The lowest BCUT2D eigenvalue weighted by Gasteiger charge is -2.13. The Morgan fingerprint density at radius 1 is 0.909 bits per heavy atom. The molecular formula is C24H23F2N3O3S. The molecule has 0 heterocycles. The molecule has 0 radical (unpaired) electrons. The first-order valence-electron chi connectivity index (χ1n) is 10.4. The number of nitrogens with one attached hydrogen (secondary N) is 3. The molecule has 1 aliphatic rings. The average Bonchev–Trinajstić information content (AvgIpc) is 3.25. The van der Waals surface area contributed by atoms with Crippen LogP contribution in [0.25, 0.3) is 0 Å². The molecule has 4 rings (SSSR count). The molecule has 0 fully saturated rings. The number of sulfonamides is 1. The zero-order chi connectivity index (χ0) is 23.6. The van der Waals surface area contributed by atoms with Crippen LogP contribution in [0.3, 0.4) is 0 Å². The summed E-state index contributed by atoms with van der Waals surface area (Å²) in [6, 6.07) is 13.0. The number of halogens is 2. The van der Waals surface area contributed by atoms with Gasteiger partial charge in [0.15, 0.2) is 0 Å². The lowest BCUT2D eigenvalue weighted by Crippen LogP contribution is -2.20. The second-order valence-electron chi connectivity index (χ2n) is 7.88. The highest BCUT2D eigenvalue weighted by Crippen LogP contribution is 2.26. The molecule has 0 saturated carbocycles. The molecule has 9 heteroatoms. The highest BCUT2D eigenvalue weighted by atomic mass is 32.2. The summed E-state index contributed by atoms with van der Waals surface area (Å²) in [6.45, 7) is 0.0314. The number of benzene rings is 3. The van der Waals surface area contributed by atoms with E-state index in [-0.39, 0.29) is 17.0 Å². The number of rotatable bonds is 7. The van der Waals surface area contributed by atoms with Gasteiger partial charge in [-0.2, -0.15) is 0 Å². The SMILES string of the molecule is CNS(=O)(=O)c1cc(NCc2cc(F)cc(F)c2)cc(C(=O)Nc2ccc3c(c2)CCC3)c1. The van der Waals surface area contributed by atoms with Crippen LogP contribution in [0.4, 0.5) is 20.2 Å². The molecule has 1 amide bonds. The zero-order valence-corrected chi connectivity index (χ0v) is 18.7. The Hall–Kier alpha value is -3.30. The van der Waals surface area contributed by atoms with Crippen LogP contribution in [0.1, 0.15) is 33.5 Å². The molecule has 3 aromatic carbocycles. The third-order valence-electron chi connectivity index (χ3n) is 5.52. The van der Waals surface area contributed by atoms with E-state index in [1.165, 1.54) is 48.5 Å². The van der Waals surface area contributed by atoms with Gasteiger partial charge in [0.1, 0.15) is 11.6 Å². The fourth-order valence-corrected chi connectivity index (χ4v) is 4.68. The topological polar surface area (TPSA) is 87.3 Å². The van der Waals surface area contributed by atoms with Gasteiger partial charge >= 0.3 is 0 Å². The van der Waals surface area contributed by atoms with E-state index in [4.69, 9.17) is 0 Å². The molecule has 172 valence electrons. The molecular weight excluding hydrogens is 448 g/mol. The fraction of sp³-hybridized carbons (Fsp3) is 0.208. The standard InChI is InChI=1S/C24H23F2N3O3S/c1-27-33(31,32)23-11-18(24(30)29-21-6-5-16-3-2-4-17(16)9-21)10-22(13-23)28-14-15-7-19(25)12-20(26)8-15/h5-13,27-28H,2-4,14H2,1H3,(H,29,30). The Kier molecular flexibility index (Phi) is 6.44. The van der Waals surface area contributed by atoms with E-state index in [0.717, 1.165) is 25.3 Å². The smallest absolute Gasteiger partial charge is 0.255 e. The molecule has 0 aliphatic heterocycles. The summed E-state index contributed by atoms with van der Waals surface area (Å²) < 4.78 is 54.0. The summed E-state index contributed by atoms with van der Waals surface area (Å²) in [5.74, 6) is -1.90. The van der Waals surface area contributed by atoms with Crippen molar-refractivity contribution in [2.45, 2.75) is 30.7 Å². The maximum atomic E-state index is 13.5. The molecule has 1 aliphatic carbocycles. The lowest BCUT2D eigenvalue weighted by molar-refractivity contribution is 0.102. The quantitative estimate of drug-likeness (QED) is 0.481. The number of aryl methyl sites for hydroxylation is 2. The molecule has 0 aromatic heterocycles. The van der Waals surface area contributed by atoms with Crippen molar-refractivity contribution < 1.29 is 22.0 Å². The van der Waals surface area contributed by atoms with Gasteiger partial charge in [-0.3, -0.25) is 4.79 Å². The summed E-state index contributed by atoms with van der Waals surface area (Å²) in [5, 5.41) is 5.76. The Bertz CT molecular complexity index is 1310. The third kappa shape index (κ3) is 5.37. The van der Waals surface area contributed by atoms with E-state index in [1.807, 2.05) is 18.2 Å². The Morgan fingerprint density at radius 3 is 2.36 bits per heavy atom. The molecule has 0 saturated heterocycles. The highest BCUT2D eigenvalue weighted by molar-refractivity contribution is 7.89. The largest absolute Gasteiger partial charge is 0.381 e. The number of fused-ring (bicyclic) bond motifs is 1. The van der Waals surface area contributed by atoms with Crippen LogP contribution in [0.15, 0.2) is 59.5 Å². The number of amides is 1. The van der Waals surface area contributed by atoms with Crippen LogP contribution in [0.5, 0.6) is 0 Å². The van der Waals surface area contributed by atoms with Gasteiger partial charge in [0, 0.05) is 29.5 Å². The Balaban J connectivity index is 1.61. The normalized spacial score (nSPS) is 12.9. The third-order valence-corrected chi connectivity index (χ3v) is 6.92. The van der Waals surface area contributed by atoms with E-state index in [0.29, 0.717) is 16.9 Å². The summed E-state index contributed by atoms with van der Waals surface area (Å²) >= 11 is 0. The predicted octanol–water partition coefficient (Wildman–Crippen LogP) is 4.23. The first kappa shape index (κ1) is 22.9. The van der Waals surface area contributed by atoms with Gasteiger partial charge < -0.3 is 10.6 Å². The van der Waals surface area contributed by atoms with Crippen LogP contribution in [-0.2, 0) is 29.4 Å².